The second-order valence-electron chi connectivity index (χ2n) is 3.66. The third kappa shape index (κ3) is 3.17. The zero-order chi connectivity index (χ0) is 9.84. The molecule has 0 aliphatic carbocycles. The summed E-state index contributed by atoms with van der Waals surface area (Å²) in [5, 5.41) is 9.37. The highest BCUT2D eigenvalue weighted by Crippen LogP contribution is 2.14. The predicted octanol–water partition coefficient (Wildman–Crippen LogP) is 1.80. The molecule has 0 aromatic heterocycles. The van der Waals surface area contributed by atoms with Crippen molar-refractivity contribution in [2.24, 2.45) is 0 Å². The van der Waals surface area contributed by atoms with Gasteiger partial charge in [0.25, 0.3) is 0 Å². The zero-order valence-electron chi connectivity index (χ0n) is 8.49. The number of nitrogens with zero attached hydrogens (tertiary/aromatic N) is 1. The molecule has 0 aliphatic heterocycles. The average molecular weight is 179 g/mol. The van der Waals surface area contributed by atoms with Crippen LogP contribution in [0.4, 0.5) is 0 Å². The molecule has 0 saturated carbocycles. The third-order valence-corrected chi connectivity index (χ3v) is 1.93. The number of aliphatic hydroxyl groups is 1. The standard InChI is InChI=1S/C11H17NO/c1-9(13)11-6-4-5-10(7-11)8-12(2)3/h4-7,9,13H,8H2,1-3H3/t9-/m1/s1. The van der Waals surface area contributed by atoms with E-state index in [-0.39, 0.29) is 6.10 Å². The molecule has 13 heavy (non-hydrogen) atoms. The summed E-state index contributed by atoms with van der Waals surface area (Å²) in [5.74, 6) is 0. The van der Waals surface area contributed by atoms with Gasteiger partial charge in [0.1, 0.15) is 0 Å². The maximum absolute atomic E-state index is 9.37. The molecule has 0 spiro atoms. The summed E-state index contributed by atoms with van der Waals surface area (Å²) >= 11 is 0. The van der Waals surface area contributed by atoms with E-state index in [1.165, 1.54) is 5.56 Å². The van der Waals surface area contributed by atoms with Crippen LogP contribution in [0.2, 0.25) is 0 Å². The minimum Gasteiger partial charge on any atom is -0.389 e. The Bertz CT molecular complexity index is 269. The van der Waals surface area contributed by atoms with Gasteiger partial charge in [0.2, 0.25) is 0 Å². The van der Waals surface area contributed by atoms with E-state index >= 15 is 0 Å². The lowest BCUT2D eigenvalue weighted by Crippen LogP contribution is -2.10. The predicted molar refractivity (Wildman–Crippen MR) is 54.5 cm³/mol. The van der Waals surface area contributed by atoms with Crippen molar-refractivity contribution >= 4 is 0 Å². The first-order valence-electron chi connectivity index (χ1n) is 4.51. The second kappa shape index (κ2) is 4.40. The fraction of sp³-hybridized carbons (Fsp3) is 0.455. The summed E-state index contributed by atoms with van der Waals surface area (Å²) in [6.07, 6.45) is -0.373. The monoisotopic (exact) mass is 179 g/mol. The molecule has 0 fully saturated rings. The summed E-state index contributed by atoms with van der Waals surface area (Å²) in [6.45, 7) is 2.70. The van der Waals surface area contributed by atoms with Crippen molar-refractivity contribution in [3.63, 3.8) is 0 Å². The first-order chi connectivity index (χ1) is 6.09. The quantitative estimate of drug-likeness (QED) is 0.764. The van der Waals surface area contributed by atoms with Crippen molar-refractivity contribution in [1.29, 1.82) is 0 Å². The van der Waals surface area contributed by atoms with Crippen molar-refractivity contribution in [2.45, 2.75) is 19.6 Å². The smallest absolute Gasteiger partial charge is 0.0762 e. The summed E-state index contributed by atoms with van der Waals surface area (Å²) in [4.78, 5) is 2.11. The molecule has 0 heterocycles. The highest BCUT2D eigenvalue weighted by molar-refractivity contribution is 5.24. The van der Waals surface area contributed by atoms with Gasteiger partial charge in [-0.15, -0.1) is 0 Å². The van der Waals surface area contributed by atoms with Crippen molar-refractivity contribution in [1.82, 2.24) is 4.90 Å². The van der Waals surface area contributed by atoms with E-state index in [0.717, 1.165) is 12.1 Å². The molecule has 1 N–H and O–H groups in total. The van der Waals surface area contributed by atoms with Crippen LogP contribution in [0.25, 0.3) is 0 Å². The molecule has 0 radical (unpaired) electrons. The van der Waals surface area contributed by atoms with Crippen LogP contribution < -0.4 is 0 Å². The van der Waals surface area contributed by atoms with Crippen LogP contribution in [0.5, 0.6) is 0 Å². The molecule has 2 nitrogen and oxygen atoms in total. The van der Waals surface area contributed by atoms with E-state index < -0.39 is 0 Å². The molecule has 1 atom stereocenters. The molecule has 0 saturated heterocycles. The Labute approximate surface area is 79.8 Å². The fourth-order valence-corrected chi connectivity index (χ4v) is 1.32. The van der Waals surface area contributed by atoms with Crippen LogP contribution in [0.15, 0.2) is 24.3 Å². The molecular formula is C11H17NO. The molecule has 2 heteroatoms. The number of hydrogen-bond donors (Lipinski definition) is 1. The van der Waals surface area contributed by atoms with Gasteiger partial charge in [-0.05, 0) is 32.1 Å². The van der Waals surface area contributed by atoms with E-state index in [9.17, 15) is 5.11 Å². The Morgan fingerprint density at radius 3 is 2.62 bits per heavy atom. The minimum atomic E-state index is -0.373. The highest BCUT2D eigenvalue weighted by Gasteiger charge is 2.01. The summed E-state index contributed by atoms with van der Waals surface area (Å²) in [7, 11) is 4.07. The molecule has 1 aromatic rings. The highest BCUT2D eigenvalue weighted by atomic mass is 16.3. The van der Waals surface area contributed by atoms with Crippen LogP contribution in [0, 0.1) is 0 Å². The number of benzene rings is 1. The van der Waals surface area contributed by atoms with Gasteiger partial charge in [0, 0.05) is 6.54 Å². The van der Waals surface area contributed by atoms with E-state index in [2.05, 4.69) is 11.0 Å². The minimum absolute atomic E-state index is 0.373. The summed E-state index contributed by atoms with van der Waals surface area (Å²) in [5.41, 5.74) is 2.22. The maximum Gasteiger partial charge on any atom is 0.0762 e. The van der Waals surface area contributed by atoms with E-state index in [4.69, 9.17) is 0 Å². The largest absolute Gasteiger partial charge is 0.389 e. The van der Waals surface area contributed by atoms with Gasteiger partial charge in [0.05, 0.1) is 6.10 Å². The molecule has 0 amide bonds. The molecule has 72 valence electrons. The Kier molecular flexibility index (Phi) is 3.46. The molecule has 0 bridgehead atoms. The lowest BCUT2D eigenvalue weighted by atomic mass is 10.1. The van der Waals surface area contributed by atoms with Gasteiger partial charge in [-0.25, -0.2) is 0 Å². The first-order valence-corrected chi connectivity index (χ1v) is 4.51. The van der Waals surface area contributed by atoms with Gasteiger partial charge in [-0.3, -0.25) is 0 Å². The summed E-state index contributed by atoms with van der Waals surface area (Å²) in [6, 6.07) is 8.06. The lowest BCUT2D eigenvalue weighted by Gasteiger charge is -2.11. The number of aliphatic hydroxyl groups excluding tert-OH is 1. The molecule has 1 rings (SSSR count). The molecule has 0 aliphatic rings. The SMILES string of the molecule is C[C@@H](O)c1cccc(CN(C)C)c1. The second-order valence-corrected chi connectivity index (χ2v) is 3.66. The van der Waals surface area contributed by atoms with Crippen molar-refractivity contribution in [2.75, 3.05) is 14.1 Å². The maximum atomic E-state index is 9.37. The van der Waals surface area contributed by atoms with Crippen LogP contribution in [-0.2, 0) is 6.54 Å². The Balaban J connectivity index is 2.79. The van der Waals surface area contributed by atoms with Crippen molar-refractivity contribution in [3.05, 3.63) is 35.4 Å². The van der Waals surface area contributed by atoms with Gasteiger partial charge >= 0.3 is 0 Å². The topological polar surface area (TPSA) is 23.5 Å². The Hall–Kier alpha value is -0.860. The van der Waals surface area contributed by atoms with Crippen molar-refractivity contribution < 1.29 is 5.11 Å². The van der Waals surface area contributed by atoms with Crippen LogP contribution in [-0.4, -0.2) is 24.1 Å². The number of hydrogen-bond acceptors (Lipinski definition) is 2. The Morgan fingerprint density at radius 2 is 2.08 bits per heavy atom. The van der Waals surface area contributed by atoms with Crippen LogP contribution in [0.3, 0.4) is 0 Å². The summed E-state index contributed by atoms with van der Waals surface area (Å²) < 4.78 is 0. The average Bonchev–Trinajstić information content (AvgIpc) is 2.03. The Morgan fingerprint density at radius 1 is 1.38 bits per heavy atom. The normalized spacial score (nSPS) is 13.3. The van der Waals surface area contributed by atoms with E-state index in [1.54, 1.807) is 6.92 Å². The van der Waals surface area contributed by atoms with E-state index in [1.807, 2.05) is 32.3 Å². The number of rotatable bonds is 3. The van der Waals surface area contributed by atoms with E-state index in [0.29, 0.717) is 0 Å². The fourth-order valence-electron chi connectivity index (χ4n) is 1.32. The zero-order valence-corrected chi connectivity index (χ0v) is 8.49. The van der Waals surface area contributed by atoms with Gasteiger partial charge in [-0.2, -0.15) is 0 Å². The van der Waals surface area contributed by atoms with Gasteiger partial charge in [-0.1, -0.05) is 24.3 Å². The van der Waals surface area contributed by atoms with Gasteiger partial charge < -0.3 is 10.0 Å². The van der Waals surface area contributed by atoms with Gasteiger partial charge in [0.15, 0.2) is 0 Å². The molecule has 0 unspecified atom stereocenters. The first kappa shape index (κ1) is 10.2. The van der Waals surface area contributed by atoms with Crippen LogP contribution in [0.1, 0.15) is 24.2 Å². The molecular weight excluding hydrogens is 162 g/mol. The third-order valence-electron chi connectivity index (χ3n) is 1.93. The van der Waals surface area contributed by atoms with Crippen LogP contribution >= 0.6 is 0 Å². The molecule has 1 aromatic carbocycles. The lowest BCUT2D eigenvalue weighted by molar-refractivity contribution is 0.199. The van der Waals surface area contributed by atoms with Crippen molar-refractivity contribution in [3.8, 4) is 0 Å².